The van der Waals surface area contributed by atoms with Crippen molar-refractivity contribution in [1.29, 1.82) is 0 Å². The van der Waals surface area contributed by atoms with Crippen molar-refractivity contribution in [3.63, 3.8) is 0 Å². The molecule has 1 aliphatic heterocycles. The van der Waals surface area contributed by atoms with E-state index in [0.717, 1.165) is 31.5 Å². The van der Waals surface area contributed by atoms with Crippen molar-refractivity contribution in [1.82, 2.24) is 13.9 Å². The highest BCUT2D eigenvalue weighted by Crippen LogP contribution is 2.31. The molecule has 2 fully saturated rings. The summed E-state index contributed by atoms with van der Waals surface area (Å²) < 4.78 is 29.1. The number of nitrogens with zero attached hydrogens (tertiary/aromatic N) is 3. The van der Waals surface area contributed by atoms with E-state index in [1.807, 2.05) is 12.4 Å². The minimum atomic E-state index is -3.10. The van der Waals surface area contributed by atoms with Crippen molar-refractivity contribution in [2.45, 2.75) is 57.9 Å². The van der Waals surface area contributed by atoms with Crippen LogP contribution in [0.25, 0.3) is 0 Å². The number of aromatic nitrogens is 2. The lowest BCUT2D eigenvalue weighted by Crippen LogP contribution is -2.42. The highest BCUT2D eigenvalue weighted by atomic mass is 32.2. The predicted molar refractivity (Wildman–Crippen MR) is 87.2 cm³/mol. The van der Waals surface area contributed by atoms with Crippen LogP contribution in [0.2, 0.25) is 0 Å². The topological polar surface area (TPSA) is 55.2 Å². The maximum atomic E-state index is 12.6. The van der Waals surface area contributed by atoms with Crippen LogP contribution >= 0.6 is 0 Å². The van der Waals surface area contributed by atoms with Gasteiger partial charge in [0.15, 0.2) is 0 Å². The molecule has 2 heterocycles. The van der Waals surface area contributed by atoms with E-state index < -0.39 is 10.0 Å². The summed E-state index contributed by atoms with van der Waals surface area (Å²) in [5.74, 6) is 2.03. The summed E-state index contributed by atoms with van der Waals surface area (Å²) >= 11 is 0. The van der Waals surface area contributed by atoms with Crippen molar-refractivity contribution in [3.8, 4) is 0 Å². The van der Waals surface area contributed by atoms with E-state index in [2.05, 4.69) is 16.5 Å². The van der Waals surface area contributed by atoms with Gasteiger partial charge in [-0.1, -0.05) is 26.2 Å². The van der Waals surface area contributed by atoms with Crippen LogP contribution in [0, 0.1) is 5.92 Å². The van der Waals surface area contributed by atoms with E-state index in [0.29, 0.717) is 24.8 Å². The van der Waals surface area contributed by atoms with Gasteiger partial charge in [0, 0.05) is 37.9 Å². The first kappa shape index (κ1) is 16.0. The minimum absolute atomic E-state index is 0.240. The first-order chi connectivity index (χ1) is 10.6. The molecule has 1 unspecified atom stereocenters. The smallest absolute Gasteiger partial charge is 0.214 e. The van der Waals surface area contributed by atoms with Gasteiger partial charge in [0.25, 0.3) is 0 Å². The predicted octanol–water partition coefficient (Wildman–Crippen LogP) is 2.60. The molecule has 1 aromatic rings. The Morgan fingerprint density at radius 2 is 2.09 bits per heavy atom. The number of sulfonamides is 1. The molecule has 5 nitrogen and oxygen atoms in total. The highest BCUT2D eigenvalue weighted by Gasteiger charge is 2.31. The van der Waals surface area contributed by atoms with E-state index in [1.54, 1.807) is 4.31 Å². The zero-order valence-electron chi connectivity index (χ0n) is 13.4. The molecular weight excluding hydrogens is 298 g/mol. The average molecular weight is 325 g/mol. The molecule has 1 atom stereocenters. The second-order valence-electron chi connectivity index (χ2n) is 6.66. The second-order valence-corrected chi connectivity index (χ2v) is 8.75. The second kappa shape index (κ2) is 6.71. The first-order valence-electron chi connectivity index (χ1n) is 8.59. The summed E-state index contributed by atoms with van der Waals surface area (Å²) in [6, 6.07) is 0.240. The van der Waals surface area contributed by atoms with Crippen molar-refractivity contribution in [2.24, 2.45) is 5.92 Å². The molecule has 2 aliphatic rings. The van der Waals surface area contributed by atoms with Gasteiger partial charge in [-0.25, -0.2) is 13.4 Å². The van der Waals surface area contributed by atoms with Crippen molar-refractivity contribution in [2.75, 3.05) is 18.8 Å². The van der Waals surface area contributed by atoms with E-state index in [9.17, 15) is 8.42 Å². The Morgan fingerprint density at radius 1 is 1.27 bits per heavy atom. The monoisotopic (exact) mass is 325 g/mol. The zero-order valence-corrected chi connectivity index (χ0v) is 14.3. The Hall–Kier alpha value is -0.880. The van der Waals surface area contributed by atoms with Gasteiger partial charge < -0.3 is 4.57 Å². The van der Waals surface area contributed by atoms with Crippen LogP contribution in [0.1, 0.15) is 57.3 Å². The maximum Gasteiger partial charge on any atom is 0.214 e. The maximum absolute atomic E-state index is 12.6. The van der Waals surface area contributed by atoms with Crippen LogP contribution in [0.15, 0.2) is 12.4 Å². The molecule has 1 saturated heterocycles. The molecule has 124 valence electrons. The molecule has 0 radical (unpaired) electrons. The Bertz CT molecular complexity index is 592. The quantitative estimate of drug-likeness (QED) is 0.808. The van der Waals surface area contributed by atoms with Crippen LogP contribution in [0.3, 0.4) is 0 Å². The summed E-state index contributed by atoms with van der Waals surface area (Å²) in [5, 5.41) is 0. The van der Waals surface area contributed by atoms with Gasteiger partial charge in [-0.2, -0.15) is 4.31 Å². The van der Waals surface area contributed by atoms with Crippen molar-refractivity contribution in [3.05, 3.63) is 18.2 Å². The molecule has 0 spiro atoms. The standard InChI is InChI=1S/C16H27N3O2S/c1-2-16-17-9-11-19(16)15-7-4-10-18(13-15)22(20,21)12-8-14-5-3-6-14/h9,11,14-15H,2-8,10,12-13H2,1H3. The van der Waals surface area contributed by atoms with E-state index in [1.165, 1.54) is 19.3 Å². The van der Waals surface area contributed by atoms with Crippen molar-refractivity contribution < 1.29 is 8.42 Å². The van der Waals surface area contributed by atoms with E-state index in [-0.39, 0.29) is 6.04 Å². The zero-order chi connectivity index (χ0) is 15.6. The lowest BCUT2D eigenvalue weighted by molar-refractivity contribution is 0.260. The van der Waals surface area contributed by atoms with Crippen LogP contribution in [-0.2, 0) is 16.4 Å². The molecule has 6 heteroatoms. The van der Waals surface area contributed by atoms with E-state index >= 15 is 0 Å². The Balaban J connectivity index is 1.64. The largest absolute Gasteiger partial charge is 0.331 e. The third-order valence-electron chi connectivity index (χ3n) is 5.22. The normalized spacial score (nSPS) is 24.3. The van der Waals surface area contributed by atoms with Crippen molar-refractivity contribution >= 4 is 10.0 Å². The number of piperidine rings is 1. The number of hydrogen-bond donors (Lipinski definition) is 0. The number of aryl methyl sites for hydroxylation is 1. The van der Waals surface area contributed by atoms with Gasteiger partial charge in [-0.3, -0.25) is 0 Å². The number of imidazole rings is 1. The molecule has 0 N–H and O–H groups in total. The molecule has 1 saturated carbocycles. The summed E-state index contributed by atoms with van der Waals surface area (Å²) in [6.07, 6.45) is 11.2. The molecule has 1 aliphatic carbocycles. The Kier molecular flexibility index (Phi) is 4.88. The summed E-state index contributed by atoms with van der Waals surface area (Å²) in [4.78, 5) is 4.37. The molecule has 22 heavy (non-hydrogen) atoms. The first-order valence-corrected chi connectivity index (χ1v) is 10.2. The molecule has 3 rings (SSSR count). The van der Waals surface area contributed by atoms with Gasteiger partial charge in [0.2, 0.25) is 10.0 Å². The molecular formula is C16H27N3O2S. The Morgan fingerprint density at radius 3 is 2.77 bits per heavy atom. The third kappa shape index (κ3) is 3.38. The number of hydrogen-bond acceptors (Lipinski definition) is 3. The Labute approximate surface area is 133 Å². The fourth-order valence-corrected chi connectivity index (χ4v) is 5.27. The highest BCUT2D eigenvalue weighted by molar-refractivity contribution is 7.89. The lowest BCUT2D eigenvalue weighted by atomic mass is 9.84. The van der Waals surface area contributed by atoms with Gasteiger partial charge in [0.05, 0.1) is 5.75 Å². The summed E-state index contributed by atoms with van der Waals surface area (Å²) in [6.45, 7) is 3.38. The van der Waals surface area contributed by atoms with Gasteiger partial charge in [-0.05, 0) is 25.2 Å². The molecule has 0 amide bonds. The van der Waals surface area contributed by atoms with Gasteiger partial charge in [0.1, 0.15) is 5.82 Å². The summed E-state index contributed by atoms with van der Waals surface area (Å²) in [5.41, 5.74) is 0. The number of rotatable bonds is 6. The molecule has 0 bridgehead atoms. The van der Waals surface area contributed by atoms with E-state index in [4.69, 9.17) is 0 Å². The van der Waals surface area contributed by atoms with Gasteiger partial charge >= 0.3 is 0 Å². The van der Waals surface area contributed by atoms with Crippen LogP contribution in [0.5, 0.6) is 0 Å². The SMILES string of the molecule is CCc1nccn1C1CCCN(S(=O)(=O)CCC2CCC2)C1. The minimum Gasteiger partial charge on any atom is -0.331 e. The van der Waals surface area contributed by atoms with Gasteiger partial charge in [-0.15, -0.1) is 0 Å². The van der Waals surface area contributed by atoms with Crippen LogP contribution in [-0.4, -0.2) is 41.1 Å². The average Bonchev–Trinajstić information content (AvgIpc) is 2.94. The molecule has 0 aromatic carbocycles. The van der Waals surface area contributed by atoms with Crippen LogP contribution < -0.4 is 0 Å². The van der Waals surface area contributed by atoms with Crippen LogP contribution in [0.4, 0.5) is 0 Å². The fraction of sp³-hybridized carbons (Fsp3) is 0.812. The molecule has 1 aromatic heterocycles. The lowest BCUT2D eigenvalue weighted by Gasteiger charge is -2.34. The summed E-state index contributed by atoms with van der Waals surface area (Å²) in [7, 11) is -3.10. The fourth-order valence-electron chi connectivity index (χ4n) is 3.58. The third-order valence-corrected chi connectivity index (χ3v) is 7.09.